The van der Waals surface area contributed by atoms with Crippen LogP contribution in [0.1, 0.15) is 22.3 Å². The Labute approximate surface area is 376 Å². The first-order valence-electron chi connectivity index (χ1n) is 19.7. The topological polar surface area (TPSA) is 26.3 Å². The molecule has 2 aromatic heterocycles. The van der Waals surface area contributed by atoms with Crippen molar-refractivity contribution in [3.63, 3.8) is 0 Å². The third-order valence-corrected chi connectivity index (χ3v) is 13.9. The summed E-state index contributed by atoms with van der Waals surface area (Å²) in [6.45, 7) is 27.4. The van der Waals surface area contributed by atoms with Crippen molar-refractivity contribution in [2.45, 2.75) is 80.1 Å². The van der Waals surface area contributed by atoms with E-state index in [1.807, 2.05) is 0 Å². The number of fused-ring (bicyclic) bond motifs is 2. The van der Waals surface area contributed by atoms with Crippen LogP contribution in [0, 0.1) is 27.7 Å². The summed E-state index contributed by atoms with van der Waals surface area (Å²) in [4.78, 5) is 0. The van der Waals surface area contributed by atoms with Crippen molar-refractivity contribution in [2.24, 2.45) is 0 Å². The van der Waals surface area contributed by atoms with Crippen molar-refractivity contribution in [1.82, 2.24) is 0 Å². The minimum Gasteiger partial charge on any atom is -0.501 e. The van der Waals surface area contributed by atoms with Crippen LogP contribution in [0.15, 0.2) is 130 Å². The Bertz CT molecular complexity index is 2450. The van der Waals surface area contributed by atoms with Crippen LogP contribution in [0.4, 0.5) is 0 Å². The maximum atomic E-state index is 6.23. The summed E-state index contributed by atoms with van der Waals surface area (Å²) in [5.74, 6) is 1.96. The largest absolute Gasteiger partial charge is 0.501 e. The molecule has 0 bridgehead atoms. The van der Waals surface area contributed by atoms with Crippen LogP contribution >= 0.6 is 24.8 Å². The zero-order valence-corrected chi connectivity index (χ0v) is 43.3. The van der Waals surface area contributed by atoms with Gasteiger partial charge in [-0.05, 0) is 62.1 Å². The van der Waals surface area contributed by atoms with Crippen molar-refractivity contribution in [3.8, 4) is 44.9 Å². The van der Waals surface area contributed by atoms with E-state index in [1.165, 1.54) is 77.2 Å². The second-order valence-electron chi connectivity index (χ2n) is 17.4. The molecule has 0 N–H and O–H groups in total. The van der Waals surface area contributed by atoms with E-state index in [0.717, 1.165) is 22.3 Å². The van der Waals surface area contributed by atoms with Gasteiger partial charge in [0.1, 0.15) is 16.1 Å². The molecule has 8 heteroatoms. The molecule has 8 rings (SSSR count). The Morgan fingerprint density at radius 1 is 0.500 bits per heavy atom. The van der Waals surface area contributed by atoms with E-state index in [2.05, 4.69) is 201 Å². The summed E-state index contributed by atoms with van der Waals surface area (Å²) in [5.41, 5.74) is 13.1. The van der Waals surface area contributed by atoms with Gasteiger partial charge in [0.15, 0.2) is 0 Å². The summed E-state index contributed by atoms with van der Waals surface area (Å²) in [5, 5.41) is 7.50. The second-order valence-corrected chi connectivity index (χ2v) is 36.8. The Kier molecular flexibility index (Phi) is 15.9. The summed E-state index contributed by atoms with van der Waals surface area (Å²) in [6.07, 6.45) is 0. The molecule has 2 nitrogen and oxygen atoms in total. The van der Waals surface area contributed by atoms with Gasteiger partial charge in [-0.25, -0.2) is 0 Å². The van der Waals surface area contributed by atoms with Crippen LogP contribution in [0.25, 0.3) is 66.4 Å². The number of aryl methyl sites for hydroxylation is 2. The standard InChI is InChI=1S/2C24H25OSi.C2H6Si.2ClH.Zr/c2*1-16-13-19-14-20(22-11-12-23(25-22)26(3,4)5)15-21(19)24(17(16)2)18-9-7-6-8-10-18;1-3-2;;;/h2*6-15H,1-5H3;1-2H3;2*1H;/q2*-1;;;;+2. The molecule has 0 aliphatic heterocycles. The van der Waals surface area contributed by atoms with Crippen LogP contribution < -0.4 is 10.8 Å². The molecule has 8 aromatic rings. The fourth-order valence-electron chi connectivity index (χ4n) is 7.24. The molecule has 0 spiro atoms. The zero-order valence-electron chi connectivity index (χ0n) is 36.2. The van der Waals surface area contributed by atoms with Crippen molar-refractivity contribution >= 4 is 78.7 Å². The van der Waals surface area contributed by atoms with E-state index in [4.69, 9.17) is 8.83 Å². The van der Waals surface area contributed by atoms with Gasteiger partial charge in [0.05, 0.1) is 22.3 Å². The molecule has 0 radical (unpaired) electrons. The SMILES string of the molecule is C[Si](C)=[Zr+2].Cc1cc2[cH-]c(-c3ccc([Si](C)(C)C)o3)cc2c(-c2ccccc2)c1C.Cc1cc2[cH-]c(-c3ccc([Si](C)(C)C)o3)cc2c(-c2ccccc2)c1C.Cl.Cl. The van der Waals surface area contributed by atoms with Gasteiger partial charge >= 0.3 is 41.9 Å². The molecule has 0 saturated heterocycles. The second kappa shape index (κ2) is 19.4. The average molecular weight is 937 g/mol. The molecule has 6 aromatic carbocycles. The maximum Gasteiger partial charge on any atom is 0.122 e. The van der Waals surface area contributed by atoms with Crippen LogP contribution in [-0.4, -0.2) is 21.6 Å². The van der Waals surface area contributed by atoms with E-state index in [1.54, 1.807) is 23.3 Å². The van der Waals surface area contributed by atoms with E-state index in [9.17, 15) is 0 Å². The monoisotopic (exact) mass is 934 g/mol. The molecule has 58 heavy (non-hydrogen) atoms. The Hall–Kier alpha value is -3.23. The summed E-state index contributed by atoms with van der Waals surface area (Å²) in [7, 11) is -2.86. The van der Waals surface area contributed by atoms with Gasteiger partial charge in [-0.15, -0.1) is 82.8 Å². The van der Waals surface area contributed by atoms with E-state index in [-0.39, 0.29) is 30.2 Å². The Morgan fingerprint density at radius 2 is 0.828 bits per heavy atom. The van der Waals surface area contributed by atoms with Crippen LogP contribution in [0.5, 0.6) is 0 Å². The normalized spacial score (nSPS) is 11.3. The number of hydrogen-bond donors (Lipinski definition) is 0. The molecule has 300 valence electrons. The number of hydrogen-bond acceptors (Lipinski definition) is 2. The minimum atomic E-state index is -1.43. The molecule has 0 unspecified atom stereocenters. The summed E-state index contributed by atoms with van der Waals surface area (Å²) >= 11 is 1.74. The van der Waals surface area contributed by atoms with E-state index >= 15 is 0 Å². The van der Waals surface area contributed by atoms with Crippen molar-refractivity contribution in [1.29, 1.82) is 0 Å². The van der Waals surface area contributed by atoms with Crippen molar-refractivity contribution in [2.75, 3.05) is 0 Å². The maximum absolute atomic E-state index is 6.23. The first-order chi connectivity index (χ1) is 26.4. The fourth-order valence-corrected chi connectivity index (χ4v) is 9.23. The van der Waals surface area contributed by atoms with Crippen LogP contribution in [0.2, 0.25) is 52.4 Å². The van der Waals surface area contributed by atoms with Gasteiger partial charge in [0.2, 0.25) is 0 Å². The number of rotatable bonds is 6. The van der Waals surface area contributed by atoms with E-state index < -0.39 is 16.1 Å². The third kappa shape index (κ3) is 10.7. The van der Waals surface area contributed by atoms with Crippen LogP contribution in [-0.2, 0) is 23.3 Å². The van der Waals surface area contributed by atoms with Crippen LogP contribution in [0.3, 0.4) is 0 Å². The fraction of sp³-hybridized carbons (Fsp3) is 0.240. The van der Waals surface area contributed by atoms with Gasteiger partial charge in [-0.2, -0.15) is 0 Å². The predicted octanol–water partition coefficient (Wildman–Crippen LogP) is 14.9. The Morgan fingerprint density at radius 3 is 1.12 bits per heavy atom. The molecule has 0 aliphatic carbocycles. The molecule has 0 aliphatic rings. The third-order valence-electron chi connectivity index (χ3n) is 10.4. The zero-order chi connectivity index (χ0) is 40.5. The van der Waals surface area contributed by atoms with Gasteiger partial charge in [-0.1, -0.05) is 145 Å². The van der Waals surface area contributed by atoms with Gasteiger partial charge in [0.25, 0.3) is 0 Å². The van der Waals surface area contributed by atoms with E-state index in [0.29, 0.717) is 0 Å². The molecular weight excluding hydrogens is 879 g/mol. The number of benzene rings is 4. The predicted molar refractivity (Wildman–Crippen MR) is 262 cm³/mol. The first kappa shape index (κ1) is 47.5. The van der Waals surface area contributed by atoms with Gasteiger partial charge in [0, 0.05) is 0 Å². The molecule has 2 heterocycles. The van der Waals surface area contributed by atoms with Gasteiger partial charge in [-0.3, -0.25) is 0 Å². The molecule has 0 amide bonds. The molecule has 0 saturated carbocycles. The smallest absolute Gasteiger partial charge is 0.122 e. The first-order valence-corrected chi connectivity index (χ1v) is 32.9. The molecule has 0 atom stereocenters. The molecule has 0 fully saturated rings. The quantitative estimate of drug-likeness (QED) is 0.123. The van der Waals surface area contributed by atoms with Crippen molar-refractivity contribution < 1.29 is 32.2 Å². The summed E-state index contributed by atoms with van der Waals surface area (Å²) < 4.78 is 12.5. The average Bonchev–Trinajstić information content (AvgIpc) is 3.96. The van der Waals surface area contributed by atoms with Crippen molar-refractivity contribution in [3.05, 3.63) is 144 Å². The molecular formula is C50H58Cl2O2Si3Zr. The number of halogens is 2. The Balaban J connectivity index is 0.000000228. The summed E-state index contributed by atoms with van der Waals surface area (Å²) in [6, 6.07) is 43.7. The number of furan rings is 2. The van der Waals surface area contributed by atoms with Gasteiger partial charge < -0.3 is 8.83 Å². The minimum absolute atomic E-state index is 0.